The van der Waals surface area contributed by atoms with Crippen LogP contribution in [-0.4, -0.2) is 20.4 Å². The lowest BCUT2D eigenvalue weighted by molar-refractivity contribution is 0.567. The molecule has 1 heterocycles. The van der Waals surface area contributed by atoms with Crippen LogP contribution in [0.5, 0.6) is 0 Å². The fourth-order valence-corrected chi connectivity index (χ4v) is 2.86. The topological polar surface area (TPSA) is 71.1 Å². The molecule has 0 radical (unpaired) electrons. The molecule has 0 bridgehead atoms. The van der Waals surface area contributed by atoms with Crippen LogP contribution >= 0.6 is 0 Å². The number of anilines is 1. The van der Waals surface area contributed by atoms with Gasteiger partial charge >= 0.3 is 0 Å². The summed E-state index contributed by atoms with van der Waals surface area (Å²) >= 11 is 0. The summed E-state index contributed by atoms with van der Waals surface area (Å²) in [6, 6.07) is 4.90. The summed E-state index contributed by atoms with van der Waals surface area (Å²) < 4.78 is 53.5. The monoisotopic (exact) mass is 313 g/mol. The van der Waals surface area contributed by atoms with Crippen molar-refractivity contribution in [2.45, 2.75) is 11.4 Å². The van der Waals surface area contributed by atoms with Gasteiger partial charge in [0.1, 0.15) is 10.7 Å². The van der Waals surface area contributed by atoms with E-state index in [2.05, 4.69) is 10.3 Å². The maximum atomic E-state index is 13.9. The molecule has 1 aromatic heterocycles. The third-order valence-electron chi connectivity index (χ3n) is 2.68. The minimum Gasteiger partial charge on any atom is -0.316 e. The van der Waals surface area contributed by atoms with Gasteiger partial charge in [-0.25, -0.2) is 17.2 Å². The summed E-state index contributed by atoms with van der Waals surface area (Å²) in [5.41, 5.74) is 0.313. The number of nitrogens with zero attached hydrogens (tertiary/aromatic N) is 1. The van der Waals surface area contributed by atoms with Crippen molar-refractivity contribution in [1.82, 2.24) is 10.3 Å². The largest absolute Gasteiger partial charge is 0.316 e. The second kappa shape index (κ2) is 6.15. The van der Waals surface area contributed by atoms with Crippen molar-refractivity contribution in [1.29, 1.82) is 0 Å². The van der Waals surface area contributed by atoms with Crippen LogP contribution in [0.2, 0.25) is 0 Å². The number of hydrogen-bond acceptors (Lipinski definition) is 4. The predicted octanol–water partition coefficient (Wildman–Crippen LogP) is 1.88. The van der Waals surface area contributed by atoms with Crippen LogP contribution in [0, 0.1) is 11.6 Å². The Morgan fingerprint density at radius 3 is 2.57 bits per heavy atom. The number of hydrogen-bond donors (Lipinski definition) is 2. The smallest absolute Gasteiger partial charge is 0.264 e. The van der Waals surface area contributed by atoms with Gasteiger partial charge in [0.05, 0.1) is 11.9 Å². The van der Waals surface area contributed by atoms with Gasteiger partial charge in [0.25, 0.3) is 10.0 Å². The summed E-state index contributed by atoms with van der Waals surface area (Å²) in [5, 5.41) is 2.83. The van der Waals surface area contributed by atoms with Crippen molar-refractivity contribution >= 4 is 15.7 Å². The fourth-order valence-electron chi connectivity index (χ4n) is 1.73. The summed E-state index contributed by atoms with van der Waals surface area (Å²) in [5.74, 6) is -1.74. The zero-order valence-corrected chi connectivity index (χ0v) is 11.9. The van der Waals surface area contributed by atoms with Gasteiger partial charge in [-0.3, -0.25) is 9.71 Å². The maximum Gasteiger partial charge on any atom is 0.264 e. The highest BCUT2D eigenvalue weighted by Gasteiger charge is 2.20. The van der Waals surface area contributed by atoms with Crippen LogP contribution in [0.1, 0.15) is 5.56 Å². The summed E-state index contributed by atoms with van der Waals surface area (Å²) in [6.45, 7) is 0.406. The zero-order valence-electron chi connectivity index (χ0n) is 11.1. The Balaban J connectivity index is 2.34. The Kier molecular flexibility index (Phi) is 4.49. The third-order valence-corrected chi connectivity index (χ3v) is 4.08. The second-order valence-corrected chi connectivity index (χ2v) is 5.91. The number of pyridine rings is 1. The lowest BCUT2D eigenvalue weighted by atomic mass is 10.2. The van der Waals surface area contributed by atoms with Gasteiger partial charge in [0.15, 0.2) is 5.82 Å². The molecule has 0 aliphatic heterocycles. The third kappa shape index (κ3) is 3.53. The van der Waals surface area contributed by atoms with Crippen molar-refractivity contribution in [2.24, 2.45) is 0 Å². The quantitative estimate of drug-likeness (QED) is 0.884. The van der Waals surface area contributed by atoms with E-state index in [1.54, 1.807) is 7.05 Å². The molecule has 2 N–H and O–H groups in total. The van der Waals surface area contributed by atoms with Gasteiger partial charge in [-0.2, -0.15) is 0 Å². The first-order chi connectivity index (χ1) is 9.94. The Hall–Kier alpha value is -2.06. The molecule has 2 rings (SSSR count). The molecule has 112 valence electrons. The van der Waals surface area contributed by atoms with Crippen molar-refractivity contribution < 1.29 is 17.2 Å². The average Bonchev–Trinajstić information content (AvgIpc) is 2.41. The summed E-state index contributed by atoms with van der Waals surface area (Å²) in [7, 11) is -2.52. The molecular formula is C13H13F2N3O2S. The molecule has 2 aromatic rings. The normalized spacial score (nSPS) is 11.4. The van der Waals surface area contributed by atoms with Gasteiger partial charge in [-0.1, -0.05) is 6.07 Å². The number of aromatic nitrogens is 1. The highest BCUT2D eigenvalue weighted by molar-refractivity contribution is 7.92. The Morgan fingerprint density at radius 1 is 1.19 bits per heavy atom. The van der Waals surface area contributed by atoms with E-state index in [9.17, 15) is 17.2 Å². The number of halogens is 2. The predicted molar refractivity (Wildman–Crippen MR) is 74.2 cm³/mol. The van der Waals surface area contributed by atoms with E-state index >= 15 is 0 Å². The molecule has 8 heteroatoms. The van der Waals surface area contributed by atoms with E-state index in [1.165, 1.54) is 12.3 Å². The number of sulfonamides is 1. The molecule has 0 aliphatic carbocycles. The van der Waals surface area contributed by atoms with Gasteiger partial charge < -0.3 is 5.32 Å². The first-order valence-electron chi connectivity index (χ1n) is 5.99. The summed E-state index contributed by atoms with van der Waals surface area (Å²) in [6.07, 6.45) is 2.09. The van der Waals surface area contributed by atoms with E-state index in [1.807, 2.05) is 4.72 Å². The standard InChI is InChI=1S/C13H13F2N3O2S/c1-16-7-9-2-3-13(10(14)6-9)21(19,20)18-12-4-5-17-8-11(12)15/h2-6,8,16H,7H2,1H3,(H,17,18). The van der Waals surface area contributed by atoms with E-state index < -0.39 is 26.6 Å². The molecule has 0 atom stereocenters. The molecule has 0 amide bonds. The van der Waals surface area contributed by atoms with Crippen LogP contribution in [0.3, 0.4) is 0 Å². The molecular weight excluding hydrogens is 300 g/mol. The van der Waals surface area contributed by atoms with Crippen LogP contribution in [0.4, 0.5) is 14.5 Å². The van der Waals surface area contributed by atoms with Crippen molar-refractivity contribution in [3.05, 3.63) is 53.9 Å². The van der Waals surface area contributed by atoms with Crippen molar-refractivity contribution in [3.8, 4) is 0 Å². The Bertz CT molecular complexity index is 751. The molecule has 21 heavy (non-hydrogen) atoms. The molecule has 0 saturated carbocycles. The number of benzene rings is 1. The van der Waals surface area contributed by atoms with E-state index in [0.717, 1.165) is 24.4 Å². The van der Waals surface area contributed by atoms with Gasteiger partial charge in [-0.15, -0.1) is 0 Å². The zero-order chi connectivity index (χ0) is 15.5. The molecule has 5 nitrogen and oxygen atoms in total. The Morgan fingerprint density at radius 2 is 1.95 bits per heavy atom. The maximum absolute atomic E-state index is 13.9. The molecule has 1 aromatic carbocycles. The van der Waals surface area contributed by atoms with Gasteiger partial charge in [0, 0.05) is 12.7 Å². The molecule has 0 unspecified atom stereocenters. The SMILES string of the molecule is CNCc1ccc(S(=O)(=O)Nc2ccncc2F)c(F)c1. The van der Waals surface area contributed by atoms with E-state index in [4.69, 9.17) is 0 Å². The van der Waals surface area contributed by atoms with E-state index in [-0.39, 0.29) is 5.69 Å². The van der Waals surface area contributed by atoms with Crippen molar-refractivity contribution in [2.75, 3.05) is 11.8 Å². The Labute approximate surface area is 121 Å². The van der Waals surface area contributed by atoms with Gasteiger partial charge in [0.2, 0.25) is 0 Å². The van der Waals surface area contributed by atoms with Crippen LogP contribution < -0.4 is 10.0 Å². The second-order valence-electron chi connectivity index (χ2n) is 4.26. The lowest BCUT2D eigenvalue weighted by Crippen LogP contribution is -2.16. The van der Waals surface area contributed by atoms with Gasteiger partial charge in [-0.05, 0) is 30.8 Å². The highest BCUT2D eigenvalue weighted by atomic mass is 32.2. The van der Waals surface area contributed by atoms with Crippen LogP contribution in [0.25, 0.3) is 0 Å². The minimum atomic E-state index is -4.21. The average molecular weight is 313 g/mol. The molecule has 0 aliphatic rings. The van der Waals surface area contributed by atoms with Crippen LogP contribution in [-0.2, 0) is 16.6 Å². The lowest BCUT2D eigenvalue weighted by Gasteiger charge is -2.10. The van der Waals surface area contributed by atoms with E-state index in [0.29, 0.717) is 12.1 Å². The fraction of sp³-hybridized carbons (Fsp3) is 0.154. The van der Waals surface area contributed by atoms with Crippen molar-refractivity contribution in [3.63, 3.8) is 0 Å². The summed E-state index contributed by atoms with van der Waals surface area (Å²) in [4.78, 5) is 2.96. The molecule has 0 saturated heterocycles. The number of rotatable bonds is 5. The molecule has 0 fully saturated rings. The first kappa shape index (κ1) is 15.3. The number of nitrogens with one attached hydrogen (secondary N) is 2. The van der Waals surface area contributed by atoms with Crippen LogP contribution in [0.15, 0.2) is 41.6 Å². The minimum absolute atomic E-state index is 0.288. The molecule has 0 spiro atoms. The first-order valence-corrected chi connectivity index (χ1v) is 7.47. The highest BCUT2D eigenvalue weighted by Crippen LogP contribution is 2.21.